The van der Waals surface area contributed by atoms with E-state index in [1.807, 2.05) is 111 Å². The molecule has 530 valence electrons. The number of para-hydroxylation sites is 2. The lowest BCUT2D eigenvalue weighted by Crippen LogP contribution is -2.37. The molecule has 5 aliphatic rings. The summed E-state index contributed by atoms with van der Waals surface area (Å²) in [7, 11) is 1.65. The number of carbonyl (C=O) groups is 4. The van der Waals surface area contributed by atoms with E-state index in [1.54, 1.807) is 18.1 Å². The maximum Gasteiger partial charge on any atom is 0.230 e. The molecule has 98 heavy (non-hydrogen) atoms. The van der Waals surface area contributed by atoms with Gasteiger partial charge in [-0.3, -0.25) is 19.2 Å². The quantitative estimate of drug-likeness (QED) is 0.0749. The Morgan fingerprint density at radius 2 is 0.837 bits per heavy atom. The summed E-state index contributed by atoms with van der Waals surface area (Å²) in [6, 6.07) is 27.1. The van der Waals surface area contributed by atoms with Crippen LogP contribution in [0.4, 0.5) is 22.0 Å². The molecule has 5 atom stereocenters. The highest BCUT2D eigenvalue weighted by atomic mass is 19.1. The minimum atomic E-state index is -0.499. The number of fused-ring (bicyclic) bond motifs is 12. The van der Waals surface area contributed by atoms with Gasteiger partial charge >= 0.3 is 0 Å². The van der Waals surface area contributed by atoms with Crippen LogP contribution in [0.5, 0.6) is 5.75 Å². The number of nitrogens with zero attached hydrogens (tertiary/aromatic N) is 8. The number of aryl methyl sites for hydroxylation is 4. The van der Waals surface area contributed by atoms with Gasteiger partial charge in [0.15, 0.2) is 0 Å². The summed E-state index contributed by atoms with van der Waals surface area (Å²) in [5.41, 5.74) is 12.4. The number of alkyl halides is 4. The van der Waals surface area contributed by atoms with E-state index in [-0.39, 0.29) is 67.1 Å². The first kappa shape index (κ1) is 73.1. The molecule has 13 nitrogen and oxygen atoms in total. The Labute approximate surface area is 576 Å². The van der Waals surface area contributed by atoms with E-state index in [9.17, 15) is 41.1 Å². The highest BCUT2D eigenvalue weighted by molar-refractivity contribution is 5.99. The molecule has 0 spiro atoms. The number of amides is 4. The van der Waals surface area contributed by atoms with Crippen molar-refractivity contribution in [2.75, 3.05) is 86.2 Å². The zero-order valence-electron chi connectivity index (χ0n) is 59.4. The van der Waals surface area contributed by atoms with E-state index < -0.39 is 13.3 Å². The largest absolute Gasteiger partial charge is 0.496 e. The van der Waals surface area contributed by atoms with Crippen molar-refractivity contribution < 1.29 is 45.9 Å². The number of aromatic nitrogens is 4. The summed E-state index contributed by atoms with van der Waals surface area (Å²) in [5, 5.41) is 3.77. The van der Waals surface area contributed by atoms with Gasteiger partial charge in [-0.25, -0.2) is 22.0 Å². The van der Waals surface area contributed by atoms with E-state index in [0.717, 1.165) is 182 Å². The number of carbonyl (C=O) groups excluding carboxylic acids is 4. The minimum absolute atomic E-state index is 0.0485. The Hall–Kier alpha value is -7.63. The smallest absolute Gasteiger partial charge is 0.230 e. The van der Waals surface area contributed by atoms with Crippen LogP contribution in [0.2, 0.25) is 0 Å². The van der Waals surface area contributed by atoms with E-state index in [1.165, 1.54) is 30.2 Å². The summed E-state index contributed by atoms with van der Waals surface area (Å²) in [4.78, 5) is 60.3. The maximum absolute atomic E-state index is 14.6. The zero-order valence-corrected chi connectivity index (χ0v) is 59.4. The normalized spacial score (nSPS) is 18.8. The van der Waals surface area contributed by atoms with Gasteiger partial charge in [0.1, 0.15) is 38.3 Å². The van der Waals surface area contributed by atoms with Crippen LogP contribution in [0, 0.1) is 11.7 Å². The fourth-order valence-corrected chi connectivity index (χ4v) is 17.3. The molecule has 0 radical (unpaired) electrons. The third-order valence-electron chi connectivity index (χ3n) is 21.7. The van der Waals surface area contributed by atoms with Gasteiger partial charge in [0, 0.05) is 108 Å². The van der Waals surface area contributed by atoms with Gasteiger partial charge in [-0.1, -0.05) is 68.3 Å². The molecule has 0 bridgehead atoms. The number of likely N-dealkylation sites (tertiary alicyclic amines) is 1. The summed E-state index contributed by atoms with van der Waals surface area (Å²) in [6.07, 6.45) is 14.4. The topological polar surface area (TPSA) is 110 Å². The van der Waals surface area contributed by atoms with Crippen molar-refractivity contribution in [2.24, 2.45) is 5.92 Å². The first-order valence-electron chi connectivity index (χ1n) is 36.8. The number of benzene rings is 4. The number of hydrogen-bond acceptors (Lipinski definition) is 5. The summed E-state index contributed by atoms with van der Waals surface area (Å²) in [5.74, 6) is 0.997. The van der Waals surface area contributed by atoms with E-state index in [2.05, 4.69) is 43.7 Å². The standard InChI is InChI=1S/C21H27FN2O.C20H27FN2O2.C20H27FN2O.C19H24F2N2O/c22-12-15-24-18-10-4-3-8-16(18)20-17(9-7-11-19(20)24)21(25)23-13-5-1-2-6-14-23;1-4-22(5-2)20(24)14-8-6-9-15-18(14)19-16(23(15)13-12-21)10-7-11-17(19)25-3;1-4-22(5-2)20(24)16-12-14(3)13-18-19(16)15-8-6-7-9-17(15)23(18)11-10-21;1-3-22(4-2)19(24)13-7-5-9-15-17(13)18-14(21)8-6-10-16(18)23(15)12-11-20/h3-4,8,10,17H,1-2,5-7,9,11-15H2;7,10-11,14H,4-6,8-9,12-13H2,1-3H3;6-9,14,16H,4-5,10-13H2,1-3H3;6,8,10,13H,3-5,7,9,11-12H2,1-2H3/t;14-;;/m.0../s1/i22-1;2*21-1;20-1. The molecule has 5 heterocycles. The molecule has 1 fully saturated rings. The first-order chi connectivity index (χ1) is 47.7. The molecule has 18 heteroatoms. The molecule has 4 aromatic heterocycles. The van der Waals surface area contributed by atoms with Gasteiger partial charge in [0.2, 0.25) is 23.6 Å². The Morgan fingerprint density at radius 3 is 1.31 bits per heavy atom. The van der Waals surface area contributed by atoms with Crippen LogP contribution in [0.3, 0.4) is 0 Å². The average molecular weight is 1350 g/mol. The van der Waals surface area contributed by atoms with Crippen LogP contribution in [0.15, 0.2) is 84.9 Å². The number of hydrogen-bond donors (Lipinski definition) is 0. The fourth-order valence-electron chi connectivity index (χ4n) is 17.3. The lowest BCUT2D eigenvalue weighted by molar-refractivity contribution is -0.133. The van der Waals surface area contributed by atoms with Crippen LogP contribution in [-0.2, 0) is 71.0 Å². The second kappa shape index (κ2) is 34.0. The SMILES string of the molecule is CCN(CC)C(=O)C1CC(C)Cc2c1c1ccccc1n2CC[18F].CCN(CC)C(=O)C1CCCc2c1c1c(F)cccc1n2CC[18F].CCN(CC)C(=O)[C@H]1CCCc2c1c1c(OC)cccc1n2CC[18F].O=C(C1CCCc2c1c1ccccc1n2CC[18F])N1CCCCCC1. The monoisotopic (exact) mass is 1350 g/mol. The summed E-state index contributed by atoms with van der Waals surface area (Å²) < 4.78 is 80.9. The van der Waals surface area contributed by atoms with Crippen LogP contribution < -0.4 is 4.74 Å². The third-order valence-corrected chi connectivity index (χ3v) is 21.7. The Bertz CT molecular complexity index is 4030. The second-order valence-electron chi connectivity index (χ2n) is 27.0. The number of likely N-dealkylation sites (N-methyl/N-ethyl adjacent to an activating group) is 3. The molecular weight excluding hydrogens is 1240 g/mol. The minimum Gasteiger partial charge on any atom is -0.496 e. The van der Waals surface area contributed by atoms with Crippen molar-refractivity contribution >= 4 is 67.2 Å². The maximum atomic E-state index is 14.6. The summed E-state index contributed by atoms with van der Waals surface area (Å²) >= 11 is 0. The van der Waals surface area contributed by atoms with E-state index in [4.69, 9.17) is 4.74 Å². The predicted molar refractivity (Wildman–Crippen MR) is 384 cm³/mol. The Kier molecular flexibility index (Phi) is 25.3. The molecule has 0 saturated carbocycles. The van der Waals surface area contributed by atoms with Crippen LogP contribution >= 0.6 is 0 Å². The van der Waals surface area contributed by atoms with Gasteiger partial charge in [-0.05, 0) is 190 Å². The fraction of sp³-hybridized carbons (Fsp3) is 0.550. The first-order valence-corrected chi connectivity index (χ1v) is 36.8. The van der Waals surface area contributed by atoms with E-state index in [0.29, 0.717) is 68.5 Å². The van der Waals surface area contributed by atoms with E-state index >= 15 is 0 Å². The third kappa shape index (κ3) is 14.5. The molecule has 8 aromatic rings. The molecule has 1 aliphatic heterocycles. The highest BCUT2D eigenvalue weighted by Gasteiger charge is 2.40. The number of methoxy groups -OCH3 is 1. The molecule has 4 amide bonds. The average Bonchev–Trinajstić information content (AvgIpc) is 1.61. The van der Waals surface area contributed by atoms with Gasteiger partial charge in [0.25, 0.3) is 0 Å². The van der Waals surface area contributed by atoms with Crippen molar-refractivity contribution in [3.8, 4) is 5.75 Å². The van der Waals surface area contributed by atoms with Gasteiger partial charge in [-0.15, -0.1) is 0 Å². The molecule has 4 aromatic carbocycles. The van der Waals surface area contributed by atoms with Crippen LogP contribution in [0.1, 0.15) is 188 Å². The molecule has 4 aliphatic carbocycles. The molecule has 1 saturated heterocycles. The van der Waals surface area contributed by atoms with Gasteiger partial charge in [-0.2, -0.15) is 0 Å². The number of rotatable bonds is 19. The number of ether oxygens (including phenoxy) is 1. The Balaban J connectivity index is 0.000000142. The van der Waals surface area contributed by atoms with Crippen molar-refractivity contribution in [2.45, 2.75) is 195 Å². The lowest BCUT2D eigenvalue weighted by Gasteiger charge is -2.32. The van der Waals surface area contributed by atoms with Crippen molar-refractivity contribution in [1.82, 2.24) is 37.9 Å². The Morgan fingerprint density at radius 1 is 0.449 bits per heavy atom. The van der Waals surface area contributed by atoms with Gasteiger partial charge < -0.3 is 42.6 Å². The molecule has 13 rings (SSSR count). The van der Waals surface area contributed by atoms with Gasteiger partial charge in [0.05, 0.1) is 68.0 Å². The second-order valence-corrected chi connectivity index (χ2v) is 27.0. The molecular formula is C80H105F5N8O5. The van der Waals surface area contributed by atoms with Crippen molar-refractivity contribution in [3.63, 3.8) is 0 Å². The van der Waals surface area contributed by atoms with Crippen molar-refractivity contribution in [1.29, 1.82) is 0 Å². The zero-order chi connectivity index (χ0) is 69.7. The van der Waals surface area contributed by atoms with Crippen molar-refractivity contribution in [3.05, 3.63) is 136 Å². The van der Waals surface area contributed by atoms with Crippen LogP contribution in [-0.4, -0.2) is 148 Å². The summed E-state index contributed by atoms with van der Waals surface area (Å²) in [6.45, 7) is 19.8. The molecule has 4 unspecified atom stereocenters. The predicted octanol–water partition coefficient (Wildman–Crippen LogP) is 16.5. The molecule has 0 N–H and O–H groups in total. The lowest BCUT2D eigenvalue weighted by atomic mass is 9.79. The number of halogens is 5. The van der Waals surface area contributed by atoms with Crippen LogP contribution in [0.25, 0.3) is 43.6 Å². The highest BCUT2D eigenvalue weighted by Crippen LogP contribution is 2.47.